The van der Waals surface area contributed by atoms with Crippen LogP contribution in [0.2, 0.25) is 0 Å². The van der Waals surface area contributed by atoms with E-state index in [2.05, 4.69) is 27.3 Å². The molecule has 2 nitrogen and oxygen atoms in total. The van der Waals surface area contributed by atoms with Crippen LogP contribution in [0.1, 0.15) is 38.0 Å². The molecule has 21 heavy (non-hydrogen) atoms. The number of alkyl halides is 1. The summed E-state index contributed by atoms with van der Waals surface area (Å²) in [4.78, 5) is 11.9. The number of hydrogen-bond acceptors (Lipinski definition) is 1. The lowest BCUT2D eigenvalue weighted by Crippen LogP contribution is -2.31. The second kappa shape index (κ2) is 5.82. The summed E-state index contributed by atoms with van der Waals surface area (Å²) in [6, 6.07) is 12.1. The Morgan fingerprint density at radius 3 is 2.81 bits per heavy atom. The summed E-state index contributed by atoms with van der Waals surface area (Å²) in [6.07, 6.45) is 0.878. The molecule has 1 amide bonds. The van der Waals surface area contributed by atoms with Crippen molar-refractivity contribution in [3.8, 4) is 0 Å². The molecule has 1 aliphatic heterocycles. The number of hydrogen-bond donors (Lipinski definition) is 1. The van der Waals surface area contributed by atoms with E-state index in [0.717, 1.165) is 33.1 Å². The molecule has 0 saturated carbocycles. The molecule has 0 radical (unpaired) electrons. The standard InChI is InChI=1S/C17H15BrClNO/c1-10-2-5-13(15(18)8-10)16(19)12-4-3-11-6-7-20-17(21)14(11)9-12/h2-5,8-9,16H,6-7H2,1H3,(H,20,21). The van der Waals surface area contributed by atoms with Gasteiger partial charge in [-0.25, -0.2) is 0 Å². The summed E-state index contributed by atoms with van der Waals surface area (Å²) in [5, 5.41) is 2.59. The summed E-state index contributed by atoms with van der Waals surface area (Å²) < 4.78 is 0.990. The molecule has 0 bridgehead atoms. The van der Waals surface area contributed by atoms with Gasteiger partial charge in [-0.05, 0) is 47.7 Å². The van der Waals surface area contributed by atoms with Crippen LogP contribution < -0.4 is 5.32 Å². The van der Waals surface area contributed by atoms with E-state index in [1.165, 1.54) is 5.56 Å². The van der Waals surface area contributed by atoms with Crippen LogP contribution in [0, 0.1) is 6.92 Å². The van der Waals surface area contributed by atoms with Gasteiger partial charge in [0.15, 0.2) is 0 Å². The van der Waals surface area contributed by atoms with Gasteiger partial charge in [0.25, 0.3) is 5.91 Å². The number of rotatable bonds is 2. The van der Waals surface area contributed by atoms with Gasteiger partial charge in [0.1, 0.15) is 0 Å². The first-order valence-corrected chi connectivity index (χ1v) is 8.10. The highest BCUT2D eigenvalue weighted by Gasteiger charge is 2.20. The summed E-state index contributed by atoms with van der Waals surface area (Å²) in [6.45, 7) is 2.75. The molecule has 0 aliphatic carbocycles. The van der Waals surface area contributed by atoms with Crippen molar-refractivity contribution in [2.24, 2.45) is 0 Å². The Labute approximate surface area is 137 Å². The van der Waals surface area contributed by atoms with Crippen LogP contribution >= 0.6 is 27.5 Å². The van der Waals surface area contributed by atoms with E-state index in [-0.39, 0.29) is 11.3 Å². The van der Waals surface area contributed by atoms with Crippen molar-refractivity contribution in [1.29, 1.82) is 0 Å². The highest BCUT2D eigenvalue weighted by atomic mass is 79.9. The molecule has 1 N–H and O–H groups in total. The topological polar surface area (TPSA) is 29.1 Å². The first kappa shape index (κ1) is 14.6. The van der Waals surface area contributed by atoms with E-state index in [9.17, 15) is 4.79 Å². The van der Waals surface area contributed by atoms with Crippen LogP contribution in [0.15, 0.2) is 40.9 Å². The number of benzene rings is 2. The number of carbonyl (C=O) groups excluding carboxylic acids is 1. The Morgan fingerprint density at radius 2 is 2.05 bits per heavy atom. The fraction of sp³-hybridized carbons (Fsp3) is 0.235. The first-order valence-electron chi connectivity index (χ1n) is 6.87. The number of nitrogens with one attached hydrogen (secondary N) is 1. The van der Waals surface area contributed by atoms with Crippen LogP contribution in [0.3, 0.4) is 0 Å². The molecule has 1 aliphatic rings. The van der Waals surface area contributed by atoms with E-state index in [1.807, 2.05) is 37.3 Å². The van der Waals surface area contributed by atoms with Gasteiger partial charge < -0.3 is 5.32 Å². The molecule has 1 unspecified atom stereocenters. The Morgan fingerprint density at radius 1 is 1.24 bits per heavy atom. The van der Waals surface area contributed by atoms with Crippen molar-refractivity contribution in [2.45, 2.75) is 18.7 Å². The highest BCUT2D eigenvalue weighted by molar-refractivity contribution is 9.10. The summed E-state index contributed by atoms with van der Waals surface area (Å²) in [5.41, 5.74) is 4.97. The van der Waals surface area contributed by atoms with E-state index < -0.39 is 0 Å². The van der Waals surface area contributed by atoms with Gasteiger partial charge in [0, 0.05) is 16.6 Å². The number of amides is 1. The van der Waals surface area contributed by atoms with Crippen molar-refractivity contribution in [2.75, 3.05) is 6.54 Å². The van der Waals surface area contributed by atoms with Gasteiger partial charge in [0.05, 0.1) is 5.38 Å². The fourth-order valence-electron chi connectivity index (χ4n) is 2.60. The fourth-order valence-corrected chi connectivity index (χ4v) is 3.78. The van der Waals surface area contributed by atoms with E-state index in [4.69, 9.17) is 11.6 Å². The maximum atomic E-state index is 11.9. The Hall–Kier alpha value is -1.32. The van der Waals surface area contributed by atoms with Crippen molar-refractivity contribution >= 4 is 33.4 Å². The molecule has 2 aromatic rings. The molecule has 0 aromatic heterocycles. The second-order valence-corrected chi connectivity index (χ2v) is 6.60. The molecular formula is C17H15BrClNO. The monoisotopic (exact) mass is 363 g/mol. The zero-order valence-corrected chi connectivity index (χ0v) is 14.0. The van der Waals surface area contributed by atoms with Crippen molar-refractivity contribution in [1.82, 2.24) is 5.32 Å². The number of halogens is 2. The molecule has 0 fully saturated rings. The minimum atomic E-state index is -0.278. The van der Waals surface area contributed by atoms with Crippen molar-refractivity contribution < 1.29 is 4.79 Å². The maximum Gasteiger partial charge on any atom is 0.251 e. The third-order valence-corrected chi connectivity index (χ3v) is 4.95. The summed E-state index contributed by atoms with van der Waals surface area (Å²) in [7, 11) is 0. The third kappa shape index (κ3) is 2.85. The zero-order valence-electron chi connectivity index (χ0n) is 11.6. The van der Waals surface area contributed by atoms with Crippen LogP contribution in [-0.2, 0) is 6.42 Å². The molecular weight excluding hydrogens is 350 g/mol. The van der Waals surface area contributed by atoms with E-state index >= 15 is 0 Å². The summed E-state index contributed by atoms with van der Waals surface area (Å²) in [5.74, 6) is -0.00932. The molecule has 4 heteroatoms. The maximum absolute atomic E-state index is 11.9. The number of fused-ring (bicyclic) bond motifs is 1. The largest absolute Gasteiger partial charge is 0.352 e. The Bertz CT molecular complexity index is 714. The molecule has 3 rings (SSSR count). The van der Waals surface area contributed by atoms with Crippen LogP contribution in [0.4, 0.5) is 0 Å². The van der Waals surface area contributed by atoms with Gasteiger partial charge in [-0.3, -0.25) is 4.79 Å². The molecule has 0 spiro atoms. The Kier molecular flexibility index (Phi) is 4.05. The lowest BCUT2D eigenvalue weighted by Gasteiger charge is -2.19. The normalized spacial score (nSPS) is 15.3. The van der Waals surface area contributed by atoms with Gasteiger partial charge in [-0.2, -0.15) is 0 Å². The molecule has 1 heterocycles. The van der Waals surface area contributed by atoms with Crippen LogP contribution in [0.5, 0.6) is 0 Å². The quantitative estimate of drug-likeness (QED) is 0.788. The summed E-state index contributed by atoms with van der Waals surface area (Å²) >= 11 is 10.2. The number of carbonyl (C=O) groups is 1. The minimum absolute atomic E-state index is 0.00932. The van der Waals surface area contributed by atoms with Crippen LogP contribution in [-0.4, -0.2) is 12.5 Å². The predicted molar refractivity (Wildman–Crippen MR) is 89.1 cm³/mol. The van der Waals surface area contributed by atoms with Crippen molar-refractivity contribution in [3.63, 3.8) is 0 Å². The zero-order chi connectivity index (χ0) is 15.0. The second-order valence-electron chi connectivity index (χ2n) is 5.31. The van der Waals surface area contributed by atoms with Gasteiger partial charge in [-0.1, -0.05) is 40.2 Å². The number of aryl methyl sites for hydroxylation is 1. The highest BCUT2D eigenvalue weighted by Crippen LogP contribution is 2.35. The SMILES string of the molecule is Cc1ccc(C(Cl)c2ccc3c(c2)C(=O)NCC3)c(Br)c1. The van der Waals surface area contributed by atoms with Crippen molar-refractivity contribution in [3.05, 3.63) is 68.7 Å². The van der Waals surface area contributed by atoms with E-state index in [0.29, 0.717) is 6.54 Å². The van der Waals surface area contributed by atoms with E-state index in [1.54, 1.807) is 0 Å². The Balaban J connectivity index is 2.00. The smallest absolute Gasteiger partial charge is 0.251 e. The molecule has 1 atom stereocenters. The molecule has 0 saturated heterocycles. The average molecular weight is 365 g/mol. The van der Waals surface area contributed by atoms with Gasteiger partial charge in [-0.15, -0.1) is 11.6 Å². The minimum Gasteiger partial charge on any atom is -0.352 e. The lowest BCUT2D eigenvalue weighted by atomic mass is 9.95. The van der Waals surface area contributed by atoms with Crippen LogP contribution in [0.25, 0.3) is 0 Å². The average Bonchev–Trinajstić information content (AvgIpc) is 2.47. The van der Waals surface area contributed by atoms with Gasteiger partial charge >= 0.3 is 0 Å². The molecule has 108 valence electrons. The first-order chi connectivity index (χ1) is 10.1. The van der Waals surface area contributed by atoms with Gasteiger partial charge in [0.2, 0.25) is 0 Å². The lowest BCUT2D eigenvalue weighted by molar-refractivity contribution is 0.0946. The predicted octanol–water partition coefficient (Wildman–Crippen LogP) is 4.37. The third-order valence-electron chi connectivity index (χ3n) is 3.78. The molecule has 2 aromatic carbocycles.